The van der Waals surface area contributed by atoms with Crippen LogP contribution in [0.5, 0.6) is 5.88 Å². The molecule has 1 heterocycles. The predicted octanol–water partition coefficient (Wildman–Crippen LogP) is 1.89. The van der Waals surface area contributed by atoms with Gasteiger partial charge in [-0.05, 0) is 12.5 Å². The molecule has 2 rings (SSSR count). The molecule has 0 aliphatic rings. The Bertz CT molecular complexity index is 502. The molecule has 1 aromatic heterocycles. The number of hydrogen-bond donors (Lipinski definition) is 3. The summed E-state index contributed by atoms with van der Waals surface area (Å²) in [7, 11) is 0. The summed E-state index contributed by atoms with van der Waals surface area (Å²) in [5.74, 6) is -0.794. The molecule has 0 aliphatic carbocycles. The lowest BCUT2D eigenvalue weighted by atomic mass is 10.1. The van der Waals surface area contributed by atoms with Gasteiger partial charge in [0.05, 0.1) is 0 Å². The van der Waals surface area contributed by atoms with E-state index in [1.807, 2.05) is 24.3 Å². The van der Waals surface area contributed by atoms with Crippen molar-refractivity contribution in [1.29, 1.82) is 0 Å². The molecule has 2 aromatic rings. The van der Waals surface area contributed by atoms with Crippen molar-refractivity contribution < 1.29 is 15.0 Å². The van der Waals surface area contributed by atoms with Gasteiger partial charge in [0.2, 0.25) is 0 Å². The third-order valence-corrected chi connectivity index (χ3v) is 2.38. The minimum atomic E-state index is -0.861. The summed E-state index contributed by atoms with van der Waals surface area (Å²) in [6, 6.07) is 7.43. The van der Waals surface area contributed by atoms with Crippen molar-refractivity contribution in [3.63, 3.8) is 0 Å². The molecule has 78 valence electrons. The molecule has 0 spiro atoms. The number of carboxylic acids is 1. The second kappa shape index (κ2) is 3.65. The fourth-order valence-electron chi connectivity index (χ4n) is 1.67. The van der Waals surface area contributed by atoms with Crippen molar-refractivity contribution in [3.8, 4) is 5.88 Å². The molecule has 0 radical (unpaired) electrons. The number of aromatic nitrogens is 1. The highest BCUT2D eigenvalue weighted by Crippen LogP contribution is 2.27. The molecule has 0 amide bonds. The van der Waals surface area contributed by atoms with Crippen LogP contribution in [0.2, 0.25) is 0 Å². The van der Waals surface area contributed by atoms with Crippen LogP contribution >= 0.6 is 0 Å². The maximum absolute atomic E-state index is 10.5. The number of nitrogens with one attached hydrogen (secondary N) is 1. The van der Waals surface area contributed by atoms with E-state index in [0.717, 1.165) is 10.9 Å². The van der Waals surface area contributed by atoms with E-state index in [9.17, 15) is 9.90 Å². The van der Waals surface area contributed by atoms with Crippen LogP contribution in [-0.4, -0.2) is 21.2 Å². The largest absolute Gasteiger partial charge is 0.494 e. The number of para-hydroxylation sites is 1. The highest BCUT2D eigenvalue weighted by atomic mass is 16.4. The van der Waals surface area contributed by atoms with Crippen LogP contribution in [0.1, 0.15) is 12.0 Å². The number of benzene rings is 1. The number of hydrogen-bond acceptors (Lipinski definition) is 2. The standard InChI is InChI=1S/C11H11NO3/c13-10(14)6-5-8-7-3-1-2-4-9(7)12-11(8)15/h1-4,12,15H,5-6H2,(H,13,14). The lowest BCUT2D eigenvalue weighted by Gasteiger charge is -1.96. The minimum Gasteiger partial charge on any atom is -0.494 e. The van der Waals surface area contributed by atoms with Gasteiger partial charge < -0.3 is 15.2 Å². The van der Waals surface area contributed by atoms with E-state index in [1.165, 1.54) is 0 Å². The van der Waals surface area contributed by atoms with Crippen molar-refractivity contribution in [1.82, 2.24) is 4.98 Å². The Labute approximate surface area is 86.2 Å². The SMILES string of the molecule is O=C(O)CCc1c(O)[nH]c2ccccc12. The van der Waals surface area contributed by atoms with Crippen molar-refractivity contribution in [3.05, 3.63) is 29.8 Å². The molecule has 0 bridgehead atoms. The second-order valence-electron chi connectivity index (χ2n) is 3.39. The molecule has 4 nitrogen and oxygen atoms in total. The Morgan fingerprint density at radius 2 is 2.07 bits per heavy atom. The molecule has 4 heteroatoms. The third-order valence-electron chi connectivity index (χ3n) is 2.38. The number of carbonyl (C=O) groups is 1. The first-order chi connectivity index (χ1) is 7.18. The van der Waals surface area contributed by atoms with Gasteiger partial charge in [-0.15, -0.1) is 0 Å². The predicted molar refractivity (Wildman–Crippen MR) is 55.9 cm³/mol. The average molecular weight is 205 g/mol. The van der Waals surface area contributed by atoms with Crippen LogP contribution < -0.4 is 0 Å². The van der Waals surface area contributed by atoms with Crippen LogP contribution in [0.15, 0.2) is 24.3 Å². The first kappa shape index (κ1) is 9.58. The molecule has 0 saturated heterocycles. The Balaban J connectivity index is 2.40. The van der Waals surface area contributed by atoms with Gasteiger partial charge >= 0.3 is 5.97 Å². The number of fused-ring (bicyclic) bond motifs is 1. The average Bonchev–Trinajstić information content (AvgIpc) is 2.50. The summed E-state index contributed by atoms with van der Waals surface area (Å²) in [6.45, 7) is 0. The number of aryl methyl sites for hydroxylation is 1. The van der Waals surface area contributed by atoms with Crippen molar-refractivity contribution in [2.24, 2.45) is 0 Å². The second-order valence-corrected chi connectivity index (χ2v) is 3.39. The summed E-state index contributed by atoms with van der Waals surface area (Å²) in [5, 5.41) is 19.1. The smallest absolute Gasteiger partial charge is 0.303 e. The fraction of sp³-hybridized carbons (Fsp3) is 0.182. The van der Waals surface area contributed by atoms with E-state index in [4.69, 9.17) is 5.11 Å². The topological polar surface area (TPSA) is 73.3 Å². The summed E-state index contributed by atoms with van der Waals surface area (Å²) in [6.07, 6.45) is 0.362. The quantitative estimate of drug-likeness (QED) is 0.716. The van der Waals surface area contributed by atoms with E-state index in [0.29, 0.717) is 12.0 Å². The zero-order valence-electron chi connectivity index (χ0n) is 8.03. The Morgan fingerprint density at radius 3 is 2.80 bits per heavy atom. The highest BCUT2D eigenvalue weighted by Gasteiger charge is 2.11. The zero-order chi connectivity index (χ0) is 10.8. The number of aliphatic carboxylic acids is 1. The number of aromatic hydroxyl groups is 1. The van der Waals surface area contributed by atoms with Crippen molar-refractivity contribution in [2.75, 3.05) is 0 Å². The van der Waals surface area contributed by atoms with Crippen LogP contribution in [0.4, 0.5) is 0 Å². The summed E-state index contributed by atoms with van der Waals surface area (Å²) < 4.78 is 0. The molecule has 0 fully saturated rings. The van der Waals surface area contributed by atoms with Gasteiger partial charge in [-0.1, -0.05) is 18.2 Å². The van der Waals surface area contributed by atoms with Gasteiger partial charge in [-0.3, -0.25) is 4.79 Å². The number of rotatable bonds is 3. The van der Waals surface area contributed by atoms with Crippen LogP contribution in [0.3, 0.4) is 0 Å². The first-order valence-corrected chi connectivity index (χ1v) is 4.69. The fourth-order valence-corrected chi connectivity index (χ4v) is 1.67. The Morgan fingerprint density at radius 1 is 1.33 bits per heavy atom. The van der Waals surface area contributed by atoms with Gasteiger partial charge in [-0.2, -0.15) is 0 Å². The third kappa shape index (κ3) is 1.79. The van der Waals surface area contributed by atoms with E-state index in [2.05, 4.69) is 4.98 Å². The van der Waals surface area contributed by atoms with Gasteiger partial charge in [0.15, 0.2) is 5.88 Å². The summed E-state index contributed by atoms with van der Waals surface area (Å²) >= 11 is 0. The monoisotopic (exact) mass is 205 g/mol. The Hall–Kier alpha value is -1.97. The lowest BCUT2D eigenvalue weighted by molar-refractivity contribution is -0.136. The molecular weight excluding hydrogens is 194 g/mol. The molecular formula is C11H11NO3. The van der Waals surface area contributed by atoms with E-state index >= 15 is 0 Å². The maximum Gasteiger partial charge on any atom is 0.303 e. The van der Waals surface area contributed by atoms with Gasteiger partial charge in [0, 0.05) is 22.9 Å². The molecule has 0 aliphatic heterocycles. The first-order valence-electron chi connectivity index (χ1n) is 4.69. The normalized spacial score (nSPS) is 10.7. The van der Waals surface area contributed by atoms with Gasteiger partial charge in [0.25, 0.3) is 0 Å². The minimum absolute atomic E-state index is 0.0232. The molecule has 0 unspecified atom stereocenters. The van der Waals surface area contributed by atoms with E-state index in [1.54, 1.807) is 0 Å². The molecule has 3 N–H and O–H groups in total. The van der Waals surface area contributed by atoms with Crippen LogP contribution in [-0.2, 0) is 11.2 Å². The van der Waals surface area contributed by atoms with Gasteiger partial charge in [0.1, 0.15) is 0 Å². The van der Waals surface area contributed by atoms with Crippen molar-refractivity contribution >= 4 is 16.9 Å². The van der Waals surface area contributed by atoms with Crippen LogP contribution in [0.25, 0.3) is 10.9 Å². The maximum atomic E-state index is 10.5. The molecule has 0 saturated carbocycles. The molecule has 1 aromatic carbocycles. The van der Waals surface area contributed by atoms with E-state index < -0.39 is 5.97 Å². The number of aromatic amines is 1. The zero-order valence-corrected chi connectivity index (χ0v) is 8.03. The highest BCUT2D eigenvalue weighted by molar-refractivity contribution is 5.86. The number of H-pyrrole nitrogens is 1. The lowest BCUT2D eigenvalue weighted by Crippen LogP contribution is -1.96. The van der Waals surface area contributed by atoms with Crippen molar-refractivity contribution in [2.45, 2.75) is 12.8 Å². The Kier molecular flexibility index (Phi) is 2.33. The summed E-state index contributed by atoms with van der Waals surface area (Å²) in [4.78, 5) is 13.3. The molecule has 15 heavy (non-hydrogen) atoms. The summed E-state index contributed by atoms with van der Waals surface area (Å²) in [5.41, 5.74) is 1.50. The van der Waals surface area contributed by atoms with Crippen LogP contribution in [0, 0.1) is 0 Å². The number of carboxylic acid groups (broad SMARTS) is 1. The van der Waals surface area contributed by atoms with Gasteiger partial charge in [-0.25, -0.2) is 0 Å². The van der Waals surface area contributed by atoms with E-state index in [-0.39, 0.29) is 12.3 Å². The molecule has 0 atom stereocenters.